The minimum Gasteiger partial charge on any atom is -0.379 e. The lowest BCUT2D eigenvalue weighted by Crippen LogP contribution is -2.40. The lowest BCUT2D eigenvalue weighted by molar-refractivity contribution is 0.0730. The Bertz CT molecular complexity index is 961. The molecule has 1 fully saturated rings. The van der Waals surface area contributed by atoms with Crippen molar-refractivity contribution in [2.24, 2.45) is 0 Å². The first-order chi connectivity index (χ1) is 13.4. The SMILES string of the molecule is CCN(C(=O)c1cc(S(=O)(=O)N2CCOCC2)c(Cl)cc1Cl)c1ccccc1. The number of hydrogen-bond donors (Lipinski definition) is 0. The summed E-state index contributed by atoms with van der Waals surface area (Å²) in [5.41, 5.74) is 0.780. The first-order valence-corrected chi connectivity index (χ1v) is 11.0. The van der Waals surface area contributed by atoms with Gasteiger partial charge in [0.1, 0.15) is 4.90 Å². The van der Waals surface area contributed by atoms with E-state index >= 15 is 0 Å². The first-order valence-electron chi connectivity index (χ1n) is 8.80. The van der Waals surface area contributed by atoms with Crippen LogP contribution in [0.4, 0.5) is 5.69 Å². The van der Waals surface area contributed by atoms with E-state index in [9.17, 15) is 13.2 Å². The Balaban J connectivity index is 2.03. The van der Waals surface area contributed by atoms with Crippen molar-refractivity contribution in [3.8, 4) is 0 Å². The third-order valence-corrected chi connectivity index (χ3v) is 7.15. The van der Waals surface area contributed by atoms with Crippen molar-refractivity contribution < 1.29 is 17.9 Å². The number of carbonyl (C=O) groups excluding carboxylic acids is 1. The number of halogens is 2. The van der Waals surface area contributed by atoms with Crippen molar-refractivity contribution >= 4 is 44.8 Å². The van der Waals surface area contributed by atoms with E-state index in [0.29, 0.717) is 25.4 Å². The molecule has 3 rings (SSSR count). The largest absolute Gasteiger partial charge is 0.379 e. The molecule has 150 valence electrons. The molecule has 0 N–H and O–H groups in total. The van der Waals surface area contributed by atoms with Gasteiger partial charge in [-0.1, -0.05) is 41.4 Å². The van der Waals surface area contributed by atoms with E-state index in [2.05, 4.69) is 0 Å². The Hall–Kier alpha value is -1.64. The number of morpholine rings is 1. The Morgan fingerprint density at radius 2 is 1.75 bits per heavy atom. The molecule has 0 spiro atoms. The minimum atomic E-state index is -3.87. The van der Waals surface area contributed by atoms with Crippen LogP contribution in [0.3, 0.4) is 0 Å². The zero-order valence-electron chi connectivity index (χ0n) is 15.3. The topological polar surface area (TPSA) is 66.9 Å². The standard InChI is InChI=1S/C19H20Cl2N2O4S/c1-2-23(14-6-4-3-5-7-14)19(24)15-12-18(17(21)13-16(15)20)28(25,26)22-8-10-27-11-9-22/h3-7,12-13H,2,8-11H2,1H3. The summed E-state index contributed by atoms with van der Waals surface area (Å²) in [6.07, 6.45) is 0. The number of hydrogen-bond acceptors (Lipinski definition) is 4. The summed E-state index contributed by atoms with van der Waals surface area (Å²) < 4.78 is 32.6. The van der Waals surface area contributed by atoms with Gasteiger partial charge in [-0.05, 0) is 31.2 Å². The number of sulfonamides is 1. The normalized spacial score (nSPS) is 15.4. The van der Waals surface area contributed by atoms with Gasteiger partial charge in [0.2, 0.25) is 10.0 Å². The van der Waals surface area contributed by atoms with Crippen molar-refractivity contribution in [2.75, 3.05) is 37.7 Å². The maximum Gasteiger partial charge on any atom is 0.259 e. The van der Waals surface area contributed by atoms with Gasteiger partial charge >= 0.3 is 0 Å². The van der Waals surface area contributed by atoms with Gasteiger partial charge in [0.25, 0.3) is 5.91 Å². The van der Waals surface area contributed by atoms with Crippen LogP contribution in [0.25, 0.3) is 0 Å². The molecular weight excluding hydrogens is 423 g/mol. The molecule has 0 bridgehead atoms. The second kappa shape index (κ2) is 8.80. The summed E-state index contributed by atoms with van der Waals surface area (Å²) >= 11 is 12.5. The third kappa shape index (κ3) is 4.18. The molecule has 6 nitrogen and oxygen atoms in total. The molecule has 1 heterocycles. The molecular formula is C19H20Cl2N2O4S. The summed E-state index contributed by atoms with van der Waals surface area (Å²) in [5, 5.41) is 0.0844. The Morgan fingerprint density at radius 1 is 1.11 bits per heavy atom. The molecule has 0 saturated carbocycles. The lowest BCUT2D eigenvalue weighted by Gasteiger charge is -2.27. The Labute approximate surface area is 174 Å². The number of carbonyl (C=O) groups is 1. The summed E-state index contributed by atoms with van der Waals surface area (Å²) in [4.78, 5) is 14.5. The number of anilines is 1. The van der Waals surface area contributed by atoms with E-state index < -0.39 is 15.9 Å². The predicted molar refractivity (Wildman–Crippen MR) is 110 cm³/mol. The highest BCUT2D eigenvalue weighted by Gasteiger charge is 2.31. The van der Waals surface area contributed by atoms with Crippen LogP contribution in [-0.2, 0) is 14.8 Å². The van der Waals surface area contributed by atoms with Crippen molar-refractivity contribution in [3.63, 3.8) is 0 Å². The van der Waals surface area contributed by atoms with Gasteiger partial charge in [-0.3, -0.25) is 4.79 Å². The molecule has 0 atom stereocenters. The van der Waals surface area contributed by atoms with Crippen LogP contribution in [0.1, 0.15) is 17.3 Å². The van der Waals surface area contributed by atoms with Gasteiger partial charge in [-0.25, -0.2) is 8.42 Å². The highest BCUT2D eigenvalue weighted by molar-refractivity contribution is 7.89. The Morgan fingerprint density at radius 3 is 2.36 bits per heavy atom. The van der Waals surface area contributed by atoms with Gasteiger partial charge in [0.05, 0.1) is 28.8 Å². The highest BCUT2D eigenvalue weighted by atomic mass is 35.5. The number of benzene rings is 2. The Kier molecular flexibility index (Phi) is 6.62. The van der Waals surface area contributed by atoms with Crippen molar-refractivity contribution in [1.82, 2.24) is 4.31 Å². The van der Waals surface area contributed by atoms with E-state index in [-0.39, 0.29) is 33.6 Å². The van der Waals surface area contributed by atoms with Crippen LogP contribution in [0.15, 0.2) is 47.4 Å². The lowest BCUT2D eigenvalue weighted by atomic mass is 10.1. The fourth-order valence-electron chi connectivity index (χ4n) is 3.01. The fraction of sp³-hybridized carbons (Fsp3) is 0.316. The minimum absolute atomic E-state index is 0.0178. The maximum atomic E-state index is 13.1. The second-order valence-electron chi connectivity index (χ2n) is 6.16. The third-order valence-electron chi connectivity index (χ3n) is 4.47. The molecule has 0 radical (unpaired) electrons. The molecule has 1 amide bonds. The number of nitrogens with zero attached hydrogens (tertiary/aromatic N) is 2. The number of ether oxygens (including phenoxy) is 1. The smallest absolute Gasteiger partial charge is 0.259 e. The molecule has 1 aliphatic rings. The number of rotatable bonds is 5. The van der Waals surface area contributed by atoms with E-state index in [4.69, 9.17) is 27.9 Å². The summed E-state index contributed by atoms with van der Waals surface area (Å²) in [5.74, 6) is -0.395. The molecule has 28 heavy (non-hydrogen) atoms. The predicted octanol–water partition coefficient (Wildman–Crippen LogP) is 3.68. The van der Waals surface area contributed by atoms with Gasteiger partial charge in [-0.15, -0.1) is 0 Å². The van der Waals surface area contributed by atoms with Gasteiger partial charge in [-0.2, -0.15) is 4.31 Å². The van der Waals surface area contributed by atoms with Crippen LogP contribution >= 0.6 is 23.2 Å². The monoisotopic (exact) mass is 442 g/mol. The zero-order chi connectivity index (χ0) is 20.3. The molecule has 2 aromatic rings. The van der Waals surface area contributed by atoms with Crippen molar-refractivity contribution in [3.05, 3.63) is 58.1 Å². The van der Waals surface area contributed by atoms with Crippen LogP contribution in [0.5, 0.6) is 0 Å². The number of amides is 1. The maximum absolute atomic E-state index is 13.1. The average Bonchev–Trinajstić information content (AvgIpc) is 2.70. The van der Waals surface area contributed by atoms with Crippen molar-refractivity contribution in [2.45, 2.75) is 11.8 Å². The summed E-state index contributed by atoms with van der Waals surface area (Å²) in [6.45, 7) is 3.32. The van der Waals surface area contributed by atoms with E-state index in [0.717, 1.165) is 0 Å². The second-order valence-corrected chi connectivity index (χ2v) is 8.88. The molecule has 1 saturated heterocycles. The van der Waals surface area contributed by atoms with E-state index in [1.54, 1.807) is 12.1 Å². The molecule has 0 aliphatic carbocycles. The summed E-state index contributed by atoms with van der Waals surface area (Å²) in [7, 11) is -3.87. The molecule has 2 aromatic carbocycles. The molecule has 1 aliphatic heterocycles. The van der Waals surface area contributed by atoms with E-state index in [1.165, 1.54) is 21.3 Å². The fourth-order valence-corrected chi connectivity index (χ4v) is 5.25. The molecule has 9 heteroatoms. The van der Waals surface area contributed by atoms with Crippen LogP contribution in [0, 0.1) is 0 Å². The zero-order valence-corrected chi connectivity index (χ0v) is 17.6. The summed E-state index contributed by atoms with van der Waals surface area (Å²) in [6, 6.07) is 11.7. The highest BCUT2D eigenvalue weighted by Crippen LogP contribution is 2.32. The molecule has 0 aromatic heterocycles. The van der Waals surface area contributed by atoms with Crippen LogP contribution in [-0.4, -0.2) is 51.5 Å². The van der Waals surface area contributed by atoms with Gasteiger partial charge in [0.15, 0.2) is 0 Å². The average molecular weight is 443 g/mol. The quantitative estimate of drug-likeness (QED) is 0.707. The van der Waals surface area contributed by atoms with E-state index in [1.807, 2.05) is 25.1 Å². The van der Waals surface area contributed by atoms with Gasteiger partial charge in [0, 0.05) is 25.3 Å². The first kappa shape index (κ1) is 21.1. The van der Waals surface area contributed by atoms with Gasteiger partial charge < -0.3 is 9.64 Å². The van der Waals surface area contributed by atoms with Crippen LogP contribution in [0.2, 0.25) is 10.0 Å². The molecule has 0 unspecified atom stereocenters. The number of para-hydroxylation sites is 1. The van der Waals surface area contributed by atoms with Crippen LogP contribution < -0.4 is 4.90 Å². The van der Waals surface area contributed by atoms with Crippen molar-refractivity contribution in [1.29, 1.82) is 0 Å².